The van der Waals surface area contributed by atoms with E-state index in [1.54, 1.807) is 24.3 Å². The number of nitrogens with zero attached hydrogens (tertiary/aromatic N) is 2. The third-order valence-corrected chi connectivity index (χ3v) is 3.94. The summed E-state index contributed by atoms with van der Waals surface area (Å²) >= 11 is 0. The summed E-state index contributed by atoms with van der Waals surface area (Å²) in [7, 11) is 0. The Morgan fingerprint density at radius 2 is 1.91 bits per heavy atom. The molecule has 1 fully saturated rings. The molecular formula is C16H20N4O2. The molecule has 0 saturated carbocycles. The quantitative estimate of drug-likeness (QED) is 0.850. The van der Waals surface area contributed by atoms with Gasteiger partial charge in [0.2, 0.25) is 11.8 Å². The number of nitrogens with two attached hydrogens (primary N) is 1. The second-order valence-corrected chi connectivity index (χ2v) is 5.51. The van der Waals surface area contributed by atoms with Gasteiger partial charge in [-0.3, -0.25) is 9.59 Å². The Labute approximate surface area is 129 Å². The predicted octanol–water partition coefficient (Wildman–Crippen LogP) is 1.08. The summed E-state index contributed by atoms with van der Waals surface area (Å²) in [5, 5.41) is 11.5. The summed E-state index contributed by atoms with van der Waals surface area (Å²) in [6.45, 7) is 2.28. The van der Waals surface area contributed by atoms with Gasteiger partial charge in [0.25, 0.3) is 0 Å². The van der Waals surface area contributed by atoms with Gasteiger partial charge in [0.1, 0.15) is 0 Å². The lowest BCUT2D eigenvalue weighted by molar-refractivity contribution is -0.123. The highest BCUT2D eigenvalue weighted by Gasteiger charge is 2.23. The molecule has 2 amide bonds. The summed E-state index contributed by atoms with van der Waals surface area (Å²) in [6.07, 6.45) is 1.94. The van der Waals surface area contributed by atoms with Crippen LogP contribution >= 0.6 is 0 Å². The normalized spacial score (nSPS) is 16.0. The molecule has 1 aliphatic rings. The number of anilines is 1. The van der Waals surface area contributed by atoms with Crippen LogP contribution in [-0.2, 0) is 9.59 Å². The summed E-state index contributed by atoms with van der Waals surface area (Å²) in [4.78, 5) is 25.2. The molecule has 22 heavy (non-hydrogen) atoms. The van der Waals surface area contributed by atoms with Crippen molar-refractivity contribution >= 4 is 17.5 Å². The molecule has 6 nitrogen and oxygen atoms in total. The second-order valence-electron chi connectivity index (χ2n) is 5.51. The molecule has 1 heterocycles. The first-order chi connectivity index (χ1) is 10.6. The molecule has 0 unspecified atom stereocenters. The Kier molecular flexibility index (Phi) is 5.50. The lowest BCUT2D eigenvalue weighted by atomic mass is 9.96. The van der Waals surface area contributed by atoms with Crippen LogP contribution in [0.2, 0.25) is 0 Å². The summed E-state index contributed by atoms with van der Waals surface area (Å²) in [6, 6.07) is 8.81. The van der Waals surface area contributed by atoms with Crippen LogP contribution in [0.5, 0.6) is 0 Å². The molecule has 0 radical (unpaired) electrons. The number of rotatable bonds is 5. The first-order valence-electron chi connectivity index (χ1n) is 7.40. The number of hydrogen-bond donors (Lipinski definition) is 2. The van der Waals surface area contributed by atoms with Crippen molar-refractivity contribution in [1.29, 1.82) is 5.26 Å². The maximum absolute atomic E-state index is 11.9. The first kappa shape index (κ1) is 16.0. The van der Waals surface area contributed by atoms with Crippen molar-refractivity contribution in [2.45, 2.75) is 19.3 Å². The van der Waals surface area contributed by atoms with Gasteiger partial charge in [0.15, 0.2) is 0 Å². The highest BCUT2D eigenvalue weighted by atomic mass is 16.2. The number of hydrogen-bond acceptors (Lipinski definition) is 4. The zero-order valence-corrected chi connectivity index (χ0v) is 12.4. The number of amides is 2. The lowest BCUT2D eigenvalue weighted by Gasteiger charge is -2.30. The van der Waals surface area contributed by atoms with Crippen LogP contribution in [0.3, 0.4) is 0 Å². The van der Waals surface area contributed by atoms with E-state index in [-0.39, 0.29) is 17.7 Å². The van der Waals surface area contributed by atoms with Gasteiger partial charge < -0.3 is 16.0 Å². The number of benzene rings is 1. The average Bonchev–Trinajstić information content (AvgIpc) is 2.54. The van der Waals surface area contributed by atoms with Crippen LogP contribution in [0.15, 0.2) is 24.3 Å². The Hall–Kier alpha value is -2.39. The number of carbonyl (C=O) groups excluding carboxylic acids is 2. The molecule has 1 saturated heterocycles. The van der Waals surface area contributed by atoms with Crippen LogP contribution in [0, 0.1) is 17.2 Å². The van der Waals surface area contributed by atoms with E-state index in [9.17, 15) is 9.59 Å². The number of primary amides is 1. The van der Waals surface area contributed by atoms with Crippen molar-refractivity contribution < 1.29 is 9.59 Å². The summed E-state index contributed by atoms with van der Waals surface area (Å²) in [5.41, 5.74) is 6.56. The lowest BCUT2D eigenvalue weighted by Crippen LogP contribution is -2.39. The van der Waals surface area contributed by atoms with E-state index in [2.05, 4.69) is 10.2 Å². The minimum Gasteiger partial charge on any atom is -0.369 e. The van der Waals surface area contributed by atoms with Crippen LogP contribution in [0.4, 0.5) is 5.69 Å². The Morgan fingerprint density at radius 1 is 1.27 bits per heavy atom. The predicted molar refractivity (Wildman–Crippen MR) is 82.8 cm³/mol. The van der Waals surface area contributed by atoms with Crippen molar-refractivity contribution in [1.82, 2.24) is 4.90 Å². The van der Waals surface area contributed by atoms with E-state index >= 15 is 0 Å². The van der Waals surface area contributed by atoms with E-state index in [0.29, 0.717) is 24.2 Å². The molecular weight excluding hydrogens is 280 g/mol. The SMILES string of the molecule is N#Cc1ccc(NC(=O)CCN2CCC(C(N)=O)CC2)cc1. The number of piperidine rings is 1. The van der Waals surface area contributed by atoms with Crippen molar-refractivity contribution in [2.75, 3.05) is 25.0 Å². The molecule has 1 aromatic carbocycles. The van der Waals surface area contributed by atoms with Gasteiger partial charge in [0, 0.05) is 24.6 Å². The molecule has 3 N–H and O–H groups in total. The fraction of sp³-hybridized carbons (Fsp3) is 0.438. The van der Waals surface area contributed by atoms with Crippen LogP contribution in [0.25, 0.3) is 0 Å². The standard InChI is InChI=1S/C16H20N4O2/c17-11-12-1-3-14(4-2-12)19-15(21)7-10-20-8-5-13(6-9-20)16(18)22/h1-4,13H,5-10H2,(H2,18,22)(H,19,21). The van der Waals surface area contributed by atoms with Crippen LogP contribution < -0.4 is 11.1 Å². The molecule has 1 aromatic rings. The first-order valence-corrected chi connectivity index (χ1v) is 7.40. The number of nitrogens with one attached hydrogen (secondary N) is 1. The zero-order chi connectivity index (χ0) is 15.9. The topological polar surface area (TPSA) is 99.2 Å². The van der Waals surface area contributed by atoms with Gasteiger partial charge >= 0.3 is 0 Å². The fourth-order valence-corrected chi connectivity index (χ4v) is 2.55. The minimum atomic E-state index is -0.224. The summed E-state index contributed by atoms with van der Waals surface area (Å²) < 4.78 is 0. The number of likely N-dealkylation sites (tertiary alicyclic amines) is 1. The van der Waals surface area contributed by atoms with Crippen molar-refractivity contribution in [3.05, 3.63) is 29.8 Å². The largest absolute Gasteiger partial charge is 0.369 e. The van der Waals surface area contributed by atoms with Crippen LogP contribution in [0.1, 0.15) is 24.8 Å². The fourth-order valence-electron chi connectivity index (χ4n) is 2.55. The summed E-state index contributed by atoms with van der Waals surface area (Å²) in [5.74, 6) is -0.302. The van der Waals surface area contributed by atoms with E-state index in [1.165, 1.54) is 0 Å². The highest BCUT2D eigenvalue weighted by molar-refractivity contribution is 5.90. The van der Waals surface area contributed by atoms with Crippen LogP contribution in [-0.4, -0.2) is 36.3 Å². The van der Waals surface area contributed by atoms with Gasteiger partial charge in [0.05, 0.1) is 11.6 Å². The molecule has 0 bridgehead atoms. The van der Waals surface area contributed by atoms with Gasteiger partial charge in [-0.2, -0.15) is 5.26 Å². The van der Waals surface area contributed by atoms with Crippen molar-refractivity contribution in [2.24, 2.45) is 11.7 Å². The van der Waals surface area contributed by atoms with E-state index in [4.69, 9.17) is 11.0 Å². The van der Waals surface area contributed by atoms with Gasteiger partial charge in [-0.25, -0.2) is 0 Å². The molecule has 0 aliphatic carbocycles. The van der Waals surface area contributed by atoms with Gasteiger partial charge in [-0.1, -0.05) is 0 Å². The molecule has 116 valence electrons. The smallest absolute Gasteiger partial charge is 0.225 e. The molecule has 1 aliphatic heterocycles. The average molecular weight is 300 g/mol. The zero-order valence-electron chi connectivity index (χ0n) is 12.4. The molecule has 2 rings (SSSR count). The Morgan fingerprint density at radius 3 is 2.45 bits per heavy atom. The van der Waals surface area contributed by atoms with Crippen molar-refractivity contribution in [3.63, 3.8) is 0 Å². The monoisotopic (exact) mass is 300 g/mol. The molecule has 6 heteroatoms. The maximum Gasteiger partial charge on any atom is 0.225 e. The molecule has 0 atom stereocenters. The number of nitriles is 1. The third-order valence-electron chi connectivity index (χ3n) is 3.94. The Bertz CT molecular complexity index is 569. The maximum atomic E-state index is 11.9. The van der Waals surface area contributed by atoms with E-state index in [1.807, 2.05) is 6.07 Å². The van der Waals surface area contributed by atoms with Gasteiger partial charge in [-0.05, 0) is 50.2 Å². The van der Waals surface area contributed by atoms with E-state index in [0.717, 1.165) is 25.9 Å². The van der Waals surface area contributed by atoms with Crippen molar-refractivity contribution in [3.8, 4) is 6.07 Å². The second kappa shape index (κ2) is 7.57. The highest BCUT2D eigenvalue weighted by Crippen LogP contribution is 2.17. The van der Waals surface area contributed by atoms with Gasteiger partial charge in [-0.15, -0.1) is 0 Å². The van der Waals surface area contributed by atoms with E-state index < -0.39 is 0 Å². The minimum absolute atomic E-state index is 0.0243. The molecule has 0 spiro atoms. The third kappa shape index (κ3) is 4.57. The Balaban J connectivity index is 1.72. The number of carbonyl (C=O) groups is 2. The molecule has 0 aromatic heterocycles.